The van der Waals surface area contributed by atoms with Crippen LogP contribution in [0.25, 0.3) is 44.1 Å². The number of benzene rings is 7. The van der Waals surface area contributed by atoms with E-state index in [2.05, 4.69) is 174 Å². The Hall–Kier alpha value is -6.26. The Labute approximate surface area is 289 Å². The van der Waals surface area contributed by atoms with Crippen LogP contribution in [0.4, 0.5) is 17.1 Å². The highest BCUT2D eigenvalue weighted by molar-refractivity contribution is 6.90. The zero-order valence-electron chi connectivity index (χ0n) is 27.4. The Kier molecular flexibility index (Phi) is 4.93. The average molecular weight is 637 g/mol. The Morgan fingerprint density at radius 3 is 2.08 bits per heavy atom. The summed E-state index contributed by atoms with van der Waals surface area (Å²) < 4.78 is 9.41. The van der Waals surface area contributed by atoms with E-state index in [1.807, 2.05) is 0 Å². The van der Waals surface area contributed by atoms with Gasteiger partial charge in [0.2, 0.25) is 0 Å². The largest absolute Gasteiger partial charge is 0.441 e. The fraction of sp³-hybridized carbons (Fsp3) is 0.0435. The normalized spacial score (nSPS) is 14.6. The number of hydrogen-bond acceptors (Lipinski definition) is 2. The zero-order chi connectivity index (χ0) is 32.7. The molecule has 3 aliphatic heterocycles. The first-order chi connectivity index (χ1) is 24.7. The summed E-state index contributed by atoms with van der Waals surface area (Å²) >= 11 is 0. The first-order valence-electron chi connectivity index (χ1n) is 17.5. The first kappa shape index (κ1) is 26.7. The summed E-state index contributed by atoms with van der Waals surface area (Å²) in [7, 11) is 0. The number of nitrogens with zero attached hydrogens (tertiary/aromatic N) is 2. The predicted molar refractivity (Wildman–Crippen MR) is 206 cm³/mol. The van der Waals surface area contributed by atoms with Gasteiger partial charge in [0, 0.05) is 33.2 Å². The monoisotopic (exact) mass is 636 g/mol. The molecule has 0 saturated carbocycles. The van der Waals surface area contributed by atoms with E-state index in [0.29, 0.717) is 0 Å². The summed E-state index contributed by atoms with van der Waals surface area (Å²) in [5.41, 5.74) is 17.9. The van der Waals surface area contributed by atoms with Gasteiger partial charge in [0.1, 0.15) is 5.58 Å². The molecule has 0 unspecified atom stereocenters. The van der Waals surface area contributed by atoms with Crippen LogP contribution >= 0.6 is 0 Å². The van der Waals surface area contributed by atoms with E-state index in [-0.39, 0.29) is 6.85 Å². The molecule has 3 nitrogen and oxygen atoms in total. The molecule has 2 aromatic heterocycles. The summed E-state index contributed by atoms with van der Waals surface area (Å²) in [6.07, 6.45) is 0. The molecule has 0 fully saturated rings. The van der Waals surface area contributed by atoms with Gasteiger partial charge in [-0.15, -0.1) is 0 Å². The molecule has 9 aromatic rings. The smallest absolute Gasteiger partial charge is 0.336 e. The highest BCUT2D eigenvalue weighted by Crippen LogP contribution is 2.59. The third-order valence-electron chi connectivity index (χ3n) is 11.7. The van der Waals surface area contributed by atoms with Crippen LogP contribution in [0, 0.1) is 6.92 Å². The minimum Gasteiger partial charge on any atom is -0.441 e. The number of fused-ring (bicyclic) bond motifs is 11. The lowest BCUT2D eigenvalue weighted by atomic mass is 9.44. The molecule has 0 spiro atoms. The van der Waals surface area contributed by atoms with Crippen molar-refractivity contribution in [3.05, 3.63) is 186 Å². The van der Waals surface area contributed by atoms with E-state index in [1.54, 1.807) is 0 Å². The summed E-state index contributed by atoms with van der Waals surface area (Å²) in [6, 6.07) is 58.4. The van der Waals surface area contributed by atoms with Crippen LogP contribution in [-0.2, 0) is 5.41 Å². The molecule has 12 rings (SSSR count). The number of para-hydroxylation sites is 4. The van der Waals surface area contributed by atoms with Gasteiger partial charge in [-0.2, -0.15) is 0 Å². The second-order valence-corrected chi connectivity index (χ2v) is 14.1. The fourth-order valence-electron chi connectivity index (χ4n) is 9.93. The molecule has 0 N–H and O–H groups in total. The van der Waals surface area contributed by atoms with E-state index in [0.717, 1.165) is 11.3 Å². The quantitative estimate of drug-likeness (QED) is 0.176. The van der Waals surface area contributed by atoms with Gasteiger partial charge in [0.15, 0.2) is 5.71 Å². The minimum atomic E-state index is -0.529. The Balaban J connectivity index is 1.29. The van der Waals surface area contributed by atoms with Crippen molar-refractivity contribution in [3.8, 4) is 11.1 Å². The number of hydrogen-bond donors (Lipinski definition) is 0. The summed E-state index contributed by atoms with van der Waals surface area (Å²) in [6.45, 7) is 2.17. The highest BCUT2D eigenvalue weighted by Gasteiger charge is 2.52. The molecule has 4 heteroatoms. The Morgan fingerprint density at radius 1 is 0.580 bits per heavy atom. The van der Waals surface area contributed by atoms with Crippen molar-refractivity contribution in [1.29, 1.82) is 0 Å². The van der Waals surface area contributed by atoms with Crippen molar-refractivity contribution in [2.75, 3.05) is 4.90 Å². The lowest BCUT2D eigenvalue weighted by Gasteiger charge is -2.50. The summed E-state index contributed by atoms with van der Waals surface area (Å²) in [5, 5.41) is 3.61. The molecule has 0 radical (unpaired) electrons. The molecule has 232 valence electrons. The number of furan rings is 1. The summed E-state index contributed by atoms with van der Waals surface area (Å²) in [4.78, 5) is 2.58. The molecule has 3 aliphatic rings. The van der Waals surface area contributed by atoms with Gasteiger partial charge < -0.3 is 13.8 Å². The first-order valence-corrected chi connectivity index (χ1v) is 17.5. The van der Waals surface area contributed by atoms with Crippen molar-refractivity contribution in [1.82, 2.24) is 4.48 Å². The molecule has 5 heterocycles. The van der Waals surface area contributed by atoms with Gasteiger partial charge in [-0.3, -0.25) is 0 Å². The van der Waals surface area contributed by atoms with Crippen LogP contribution in [0.1, 0.15) is 27.8 Å². The van der Waals surface area contributed by atoms with E-state index in [4.69, 9.17) is 4.42 Å². The van der Waals surface area contributed by atoms with Gasteiger partial charge >= 0.3 is 6.85 Å². The predicted octanol–water partition coefficient (Wildman–Crippen LogP) is 9.96. The van der Waals surface area contributed by atoms with Crippen molar-refractivity contribution in [2.24, 2.45) is 0 Å². The van der Waals surface area contributed by atoms with E-state index in [9.17, 15) is 0 Å². The Morgan fingerprint density at radius 2 is 1.26 bits per heavy atom. The molecule has 0 atom stereocenters. The van der Waals surface area contributed by atoms with Gasteiger partial charge in [-0.05, 0) is 69.4 Å². The topological polar surface area (TPSA) is 21.3 Å². The number of anilines is 3. The maximum atomic E-state index is 6.88. The lowest BCUT2D eigenvalue weighted by Crippen LogP contribution is -2.58. The second-order valence-electron chi connectivity index (χ2n) is 14.1. The number of aryl methyl sites for hydroxylation is 1. The molecule has 0 saturated heterocycles. The average Bonchev–Trinajstić information content (AvgIpc) is 3.70. The molecule has 7 aromatic carbocycles. The van der Waals surface area contributed by atoms with Crippen LogP contribution in [0.5, 0.6) is 0 Å². The minimum absolute atomic E-state index is 0.0724. The fourth-order valence-corrected chi connectivity index (χ4v) is 9.93. The molecule has 0 amide bonds. The molecular weight excluding hydrogens is 607 g/mol. The van der Waals surface area contributed by atoms with Gasteiger partial charge in [0.05, 0.1) is 16.5 Å². The molecule has 0 bridgehead atoms. The maximum absolute atomic E-state index is 6.88. The van der Waals surface area contributed by atoms with Crippen molar-refractivity contribution >= 4 is 67.8 Å². The van der Waals surface area contributed by atoms with Crippen LogP contribution in [0.2, 0.25) is 0 Å². The van der Waals surface area contributed by atoms with Gasteiger partial charge in [-0.1, -0.05) is 140 Å². The number of rotatable bonds is 2. The van der Waals surface area contributed by atoms with Gasteiger partial charge in [0.25, 0.3) is 0 Å². The van der Waals surface area contributed by atoms with Gasteiger partial charge in [-0.25, -0.2) is 0 Å². The molecule has 50 heavy (non-hydrogen) atoms. The maximum Gasteiger partial charge on any atom is 0.336 e. The Bertz CT molecular complexity index is 2860. The van der Waals surface area contributed by atoms with E-state index >= 15 is 0 Å². The van der Waals surface area contributed by atoms with E-state index < -0.39 is 5.41 Å². The van der Waals surface area contributed by atoms with Crippen LogP contribution < -0.4 is 15.8 Å². The van der Waals surface area contributed by atoms with Crippen molar-refractivity contribution in [3.63, 3.8) is 0 Å². The standard InChI is InChI=1S/C46H29BN2O/c1-28-26-34-31-19-12-20-33-41-32-18-8-11-25-40(32)50-45(41)49(43(31)33)47-37-23-13-22-36-44(37)48(39(27-28)42(34)47)38-24-10-9-21-35(38)46(36,29-14-4-2-5-15-29)30-16-6-3-7-17-30/h2-27H,1H3. The number of aromatic nitrogens is 1. The van der Waals surface area contributed by atoms with E-state index in [1.165, 1.54) is 88.6 Å². The SMILES string of the molecule is Cc1cc2c3c(c1)N1c4ccccc4C(c4ccccc4)(c4ccccc4)c4cccc(c41)B3n1c3oc4ccccc4c3c3cccc-2c31. The van der Waals surface area contributed by atoms with Crippen LogP contribution in [0.15, 0.2) is 162 Å². The van der Waals surface area contributed by atoms with Crippen molar-refractivity contribution in [2.45, 2.75) is 12.3 Å². The lowest BCUT2D eigenvalue weighted by molar-refractivity contribution is 0.651. The third kappa shape index (κ3) is 3.01. The molecular formula is C46H29BN2O. The van der Waals surface area contributed by atoms with Crippen LogP contribution in [0.3, 0.4) is 0 Å². The zero-order valence-corrected chi connectivity index (χ0v) is 27.4. The third-order valence-corrected chi connectivity index (χ3v) is 11.7. The second kappa shape index (κ2) is 9.25. The van der Waals surface area contributed by atoms with Crippen molar-refractivity contribution < 1.29 is 4.42 Å². The van der Waals surface area contributed by atoms with Crippen LogP contribution in [-0.4, -0.2) is 11.3 Å². The summed E-state index contributed by atoms with van der Waals surface area (Å²) in [5.74, 6) is 0. The molecule has 0 aliphatic carbocycles. The highest BCUT2D eigenvalue weighted by atomic mass is 16.3.